The van der Waals surface area contributed by atoms with Crippen molar-refractivity contribution in [3.05, 3.63) is 53.6 Å². The van der Waals surface area contributed by atoms with Gasteiger partial charge in [0.1, 0.15) is 11.5 Å². The van der Waals surface area contributed by atoms with Crippen LogP contribution in [0.1, 0.15) is 86.6 Å². The number of aromatic hydroxyl groups is 1. The van der Waals surface area contributed by atoms with Crippen LogP contribution in [-0.2, 0) is 0 Å². The van der Waals surface area contributed by atoms with E-state index < -0.39 is 0 Å². The number of nitrogens with zero attached hydrogens (tertiary/aromatic N) is 1. The predicted octanol–water partition coefficient (Wildman–Crippen LogP) is 6.34. The van der Waals surface area contributed by atoms with E-state index in [1.54, 1.807) is 12.1 Å². The van der Waals surface area contributed by atoms with Crippen LogP contribution in [0, 0.1) is 0 Å². The number of rotatable bonds is 8. The highest BCUT2D eigenvalue weighted by Gasteiger charge is 2.21. The molecule has 1 aliphatic carbocycles. The molecule has 0 radical (unpaired) electrons. The summed E-state index contributed by atoms with van der Waals surface area (Å²) in [5.41, 5.74) is 2.23. The van der Waals surface area contributed by atoms with Crippen LogP contribution in [-0.4, -0.2) is 41.7 Å². The molecule has 1 amide bonds. The first-order chi connectivity index (χ1) is 16.1. The number of nitrogens with one attached hydrogen (secondary N) is 1. The van der Waals surface area contributed by atoms with Gasteiger partial charge in [0.2, 0.25) is 0 Å². The molecule has 1 aliphatic heterocycles. The van der Waals surface area contributed by atoms with Crippen LogP contribution in [0.3, 0.4) is 0 Å². The number of carbonyl (C=O) groups excluding carboxylic acids is 1. The molecular formula is C28H38N2O3. The van der Waals surface area contributed by atoms with Gasteiger partial charge in [-0.3, -0.25) is 4.79 Å². The van der Waals surface area contributed by atoms with Gasteiger partial charge in [-0.2, -0.15) is 0 Å². The fourth-order valence-corrected chi connectivity index (χ4v) is 5.39. The van der Waals surface area contributed by atoms with Crippen LogP contribution >= 0.6 is 0 Å². The average molecular weight is 451 g/mol. The molecule has 0 spiro atoms. The minimum Gasteiger partial charge on any atom is -0.508 e. The summed E-state index contributed by atoms with van der Waals surface area (Å²) in [6, 6.07) is 13.4. The van der Waals surface area contributed by atoms with Gasteiger partial charge in [0.25, 0.3) is 5.91 Å². The van der Waals surface area contributed by atoms with E-state index in [1.807, 2.05) is 30.3 Å². The summed E-state index contributed by atoms with van der Waals surface area (Å²) in [5, 5.41) is 13.3. The second-order valence-electron chi connectivity index (χ2n) is 9.50. The zero-order valence-electron chi connectivity index (χ0n) is 19.9. The van der Waals surface area contributed by atoms with Crippen LogP contribution in [0.4, 0.5) is 5.69 Å². The Morgan fingerprint density at radius 1 is 1.03 bits per heavy atom. The normalized spacial score (nSPS) is 19.8. The quantitative estimate of drug-likeness (QED) is 0.493. The third-order valence-corrected chi connectivity index (χ3v) is 7.32. The molecule has 1 saturated carbocycles. The summed E-state index contributed by atoms with van der Waals surface area (Å²) >= 11 is 0. The van der Waals surface area contributed by atoms with Crippen molar-refractivity contribution in [3.8, 4) is 11.5 Å². The maximum Gasteiger partial charge on any atom is 0.255 e. The second kappa shape index (κ2) is 11.6. The molecule has 178 valence electrons. The Labute approximate surface area is 198 Å². The molecule has 2 aromatic carbocycles. The standard InChI is InChI=1S/C28H38N2O3/c1-2-30-18-7-6-10-24(30)17-19-33-25-14-12-23(13-15-25)29-28(32)22-11-16-27(31)26(20-22)21-8-4-3-5-9-21/h11-16,20-21,24,31H,2-10,17-19H2,1H3,(H,29,32). The Bertz CT molecular complexity index is 906. The minimum absolute atomic E-state index is 0.155. The van der Waals surface area contributed by atoms with Gasteiger partial charge in [0.05, 0.1) is 6.61 Å². The molecular weight excluding hydrogens is 412 g/mol. The van der Waals surface area contributed by atoms with Crippen molar-refractivity contribution in [2.24, 2.45) is 0 Å². The van der Waals surface area contributed by atoms with Crippen molar-refractivity contribution in [1.29, 1.82) is 0 Å². The smallest absolute Gasteiger partial charge is 0.255 e. The summed E-state index contributed by atoms with van der Waals surface area (Å²) in [7, 11) is 0. The maximum absolute atomic E-state index is 12.8. The lowest BCUT2D eigenvalue weighted by Crippen LogP contribution is -2.40. The van der Waals surface area contributed by atoms with Gasteiger partial charge in [0.15, 0.2) is 0 Å². The summed E-state index contributed by atoms with van der Waals surface area (Å²) in [4.78, 5) is 15.4. The molecule has 2 fully saturated rings. The average Bonchev–Trinajstić information content (AvgIpc) is 2.86. The van der Waals surface area contributed by atoms with Crippen LogP contribution < -0.4 is 10.1 Å². The van der Waals surface area contributed by atoms with Crippen molar-refractivity contribution in [2.75, 3.05) is 25.0 Å². The largest absolute Gasteiger partial charge is 0.508 e. The fraction of sp³-hybridized carbons (Fsp3) is 0.536. The molecule has 1 unspecified atom stereocenters. The zero-order chi connectivity index (χ0) is 23.0. The van der Waals surface area contributed by atoms with E-state index in [-0.39, 0.29) is 5.91 Å². The van der Waals surface area contributed by atoms with Gasteiger partial charge in [-0.25, -0.2) is 0 Å². The number of phenolic OH excluding ortho intramolecular Hbond substituents is 1. The molecule has 1 atom stereocenters. The highest BCUT2D eigenvalue weighted by Crippen LogP contribution is 2.37. The third kappa shape index (κ3) is 6.29. The van der Waals surface area contributed by atoms with E-state index in [4.69, 9.17) is 4.74 Å². The second-order valence-corrected chi connectivity index (χ2v) is 9.50. The van der Waals surface area contributed by atoms with Gasteiger partial charge < -0.3 is 20.1 Å². The van der Waals surface area contributed by atoms with Gasteiger partial charge in [-0.15, -0.1) is 0 Å². The molecule has 33 heavy (non-hydrogen) atoms. The monoisotopic (exact) mass is 450 g/mol. The van der Waals surface area contributed by atoms with Crippen LogP contribution in [0.15, 0.2) is 42.5 Å². The number of carbonyl (C=O) groups is 1. The van der Waals surface area contributed by atoms with Crippen molar-refractivity contribution >= 4 is 11.6 Å². The number of phenols is 1. The van der Waals surface area contributed by atoms with E-state index in [0.717, 1.165) is 42.8 Å². The van der Waals surface area contributed by atoms with Crippen molar-refractivity contribution in [1.82, 2.24) is 4.90 Å². The van der Waals surface area contributed by atoms with Gasteiger partial charge >= 0.3 is 0 Å². The Morgan fingerprint density at radius 2 is 1.79 bits per heavy atom. The number of ether oxygens (including phenoxy) is 1. The molecule has 5 heteroatoms. The highest BCUT2D eigenvalue weighted by molar-refractivity contribution is 6.04. The van der Waals surface area contributed by atoms with E-state index in [9.17, 15) is 9.90 Å². The molecule has 4 rings (SSSR count). The van der Waals surface area contributed by atoms with E-state index in [2.05, 4.69) is 17.1 Å². The Morgan fingerprint density at radius 3 is 2.55 bits per heavy atom. The molecule has 2 aliphatic rings. The van der Waals surface area contributed by atoms with Gasteiger partial charge in [-0.05, 0) is 99.1 Å². The first kappa shape index (κ1) is 23.6. The van der Waals surface area contributed by atoms with Crippen LogP contribution in [0.25, 0.3) is 0 Å². The predicted molar refractivity (Wildman–Crippen MR) is 133 cm³/mol. The molecule has 2 N–H and O–H groups in total. The lowest BCUT2D eigenvalue weighted by Gasteiger charge is -2.34. The van der Waals surface area contributed by atoms with Crippen LogP contribution in [0.5, 0.6) is 11.5 Å². The number of hydrogen-bond donors (Lipinski definition) is 2. The Balaban J connectivity index is 1.30. The molecule has 0 bridgehead atoms. The number of piperidine rings is 1. The first-order valence-electron chi connectivity index (χ1n) is 12.7. The summed E-state index contributed by atoms with van der Waals surface area (Å²) in [6.45, 7) is 5.27. The Kier molecular flexibility index (Phi) is 8.27. The first-order valence-corrected chi connectivity index (χ1v) is 12.7. The van der Waals surface area contributed by atoms with E-state index >= 15 is 0 Å². The third-order valence-electron chi connectivity index (χ3n) is 7.32. The van der Waals surface area contributed by atoms with Crippen molar-refractivity contribution in [2.45, 2.75) is 76.7 Å². The maximum atomic E-state index is 12.8. The van der Waals surface area contributed by atoms with Crippen LogP contribution in [0.2, 0.25) is 0 Å². The number of benzene rings is 2. The van der Waals surface area contributed by atoms with Gasteiger partial charge in [-0.1, -0.05) is 32.6 Å². The van der Waals surface area contributed by atoms with Crippen molar-refractivity contribution < 1.29 is 14.6 Å². The lowest BCUT2D eigenvalue weighted by atomic mass is 9.83. The highest BCUT2D eigenvalue weighted by atomic mass is 16.5. The topological polar surface area (TPSA) is 61.8 Å². The van der Waals surface area contributed by atoms with E-state index in [0.29, 0.717) is 29.9 Å². The summed E-state index contributed by atoms with van der Waals surface area (Å²) < 4.78 is 5.98. The molecule has 0 aromatic heterocycles. The fourth-order valence-electron chi connectivity index (χ4n) is 5.39. The minimum atomic E-state index is -0.155. The van der Waals surface area contributed by atoms with Crippen molar-refractivity contribution in [3.63, 3.8) is 0 Å². The number of likely N-dealkylation sites (tertiary alicyclic amines) is 1. The van der Waals surface area contributed by atoms with Gasteiger partial charge in [0, 0.05) is 17.3 Å². The number of anilines is 1. The SMILES string of the molecule is CCN1CCCCC1CCOc1ccc(NC(=O)c2ccc(O)c(C3CCCCC3)c2)cc1. The van der Waals surface area contributed by atoms with E-state index in [1.165, 1.54) is 45.1 Å². The molecule has 5 nitrogen and oxygen atoms in total. The molecule has 2 aromatic rings. The summed E-state index contributed by atoms with van der Waals surface area (Å²) in [5.74, 6) is 1.32. The summed E-state index contributed by atoms with van der Waals surface area (Å²) in [6.07, 6.45) is 10.7. The number of amides is 1. The molecule has 1 saturated heterocycles. The number of hydrogen-bond acceptors (Lipinski definition) is 4. The molecule has 1 heterocycles. The lowest BCUT2D eigenvalue weighted by molar-refractivity contribution is 0.102. The zero-order valence-corrected chi connectivity index (χ0v) is 19.9. The Hall–Kier alpha value is -2.53.